The van der Waals surface area contributed by atoms with Crippen molar-refractivity contribution in [2.75, 3.05) is 16.8 Å². The van der Waals surface area contributed by atoms with Gasteiger partial charge < -0.3 is 10.2 Å². The Bertz CT molecular complexity index is 913. The van der Waals surface area contributed by atoms with E-state index in [0.717, 1.165) is 24.1 Å². The second kappa shape index (κ2) is 7.99. The van der Waals surface area contributed by atoms with E-state index in [-0.39, 0.29) is 17.6 Å². The van der Waals surface area contributed by atoms with E-state index in [9.17, 15) is 14.4 Å². The summed E-state index contributed by atoms with van der Waals surface area (Å²) in [4.78, 5) is 38.1. The number of rotatable bonds is 4. The van der Waals surface area contributed by atoms with E-state index in [0.29, 0.717) is 23.4 Å². The van der Waals surface area contributed by atoms with Crippen molar-refractivity contribution in [2.45, 2.75) is 26.7 Å². The maximum Gasteiger partial charge on any atom is 0.254 e. The molecule has 3 rings (SSSR count). The van der Waals surface area contributed by atoms with Gasteiger partial charge in [-0.2, -0.15) is 0 Å². The number of hydrogen-bond acceptors (Lipinski definition) is 3. The minimum Gasteiger partial charge on any atom is -0.323 e. The molecule has 5 heteroatoms. The molecule has 0 spiro atoms. The van der Waals surface area contributed by atoms with Crippen LogP contribution in [-0.2, 0) is 16.0 Å². The lowest BCUT2D eigenvalue weighted by atomic mass is 10.0. The van der Waals surface area contributed by atoms with Crippen LogP contribution in [-0.4, -0.2) is 24.1 Å². The fourth-order valence-electron chi connectivity index (χ4n) is 3.18. The monoisotopic (exact) mass is 362 g/mol. The zero-order chi connectivity index (χ0) is 19.4. The van der Waals surface area contributed by atoms with E-state index in [2.05, 4.69) is 5.32 Å². The summed E-state index contributed by atoms with van der Waals surface area (Å²) in [6.07, 6.45) is 3.18. The molecule has 5 nitrogen and oxygen atoms in total. The first kappa shape index (κ1) is 18.6. The third-order valence-electron chi connectivity index (χ3n) is 4.60. The highest BCUT2D eigenvalue weighted by molar-refractivity contribution is 6.11. The Morgan fingerprint density at radius 3 is 2.41 bits per heavy atom. The van der Waals surface area contributed by atoms with E-state index in [1.165, 1.54) is 13.0 Å². The van der Waals surface area contributed by atoms with E-state index in [1.807, 2.05) is 24.3 Å². The summed E-state index contributed by atoms with van der Waals surface area (Å²) in [6.45, 7) is 3.79. The largest absolute Gasteiger partial charge is 0.323 e. The number of para-hydroxylation sites is 1. The molecule has 0 radical (unpaired) electrons. The molecule has 0 saturated heterocycles. The Morgan fingerprint density at radius 1 is 1.00 bits per heavy atom. The number of carbonyl (C=O) groups is 3. The molecule has 0 saturated carbocycles. The predicted molar refractivity (Wildman–Crippen MR) is 106 cm³/mol. The predicted octanol–water partition coefficient (Wildman–Crippen LogP) is 3.75. The number of fused-ring (bicyclic) bond motifs is 1. The fourth-order valence-corrected chi connectivity index (χ4v) is 3.18. The van der Waals surface area contributed by atoms with Gasteiger partial charge in [-0.3, -0.25) is 14.4 Å². The summed E-state index contributed by atoms with van der Waals surface area (Å²) in [5.41, 5.74) is 3.61. The molecule has 27 heavy (non-hydrogen) atoms. The number of nitrogens with zero attached hydrogens (tertiary/aromatic N) is 1. The van der Waals surface area contributed by atoms with Gasteiger partial charge in [0, 0.05) is 35.1 Å². The van der Waals surface area contributed by atoms with Gasteiger partial charge in [0.1, 0.15) is 0 Å². The van der Waals surface area contributed by atoms with Crippen LogP contribution in [0.15, 0.2) is 60.2 Å². The van der Waals surface area contributed by atoms with Crippen molar-refractivity contribution < 1.29 is 14.4 Å². The van der Waals surface area contributed by atoms with Gasteiger partial charge in [-0.25, -0.2) is 0 Å². The van der Waals surface area contributed by atoms with Crippen molar-refractivity contribution in [1.82, 2.24) is 0 Å². The normalized spacial score (nSPS) is 13.7. The Kier molecular flexibility index (Phi) is 5.50. The van der Waals surface area contributed by atoms with Crippen LogP contribution >= 0.6 is 0 Å². The number of aryl methyl sites for hydroxylation is 1. The highest BCUT2D eigenvalue weighted by Gasteiger charge is 2.23. The van der Waals surface area contributed by atoms with E-state index in [1.54, 1.807) is 36.1 Å². The summed E-state index contributed by atoms with van der Waals surface area (Å²) in [5.74, 6) is -0.568. The Balaban J connectivity index is 1.70. The zero-order valence-corrected chi connectivity index (χ0v) is 15.5. The van der Waals surface area contributed by atoms with Crippen LogP contribution in [0.1, 0.15) is 36.2 Å². The number of Topliss-reactive ketones (excluding diaryl/α,β-unsaturated/α-hetero) is 1. The van der Waals surface area contributed by atoms with Gasteiger partial charge in [-0.1, -0.05) is 18.2 Å². The summed E-state index contributed by atoms with van der Waals surface area (Å²) in [6, 6.07) is 14.5. The van der Waals surface area contributed by atoms with E-state index < -0.39 is 0 Å². The van der Waals surface area contributed by atoms with Crippen molar-refractivity contribution in [3.63, 3.8) is 0 Å². The second-order valence-corrected chi connectivity index (χ2v) is 6.64. The molecule has 0 bridgehead atoms. The smallest absolute Gasteiger partial charge is 0.254 e. The zero-order valence-electron chi connectivity index (χ0n) is 15.5. The number of amides is 2. The van der Waals surface area contributed by atoms with Gasteiger partial charge in [-0.15, -0.1) is 0 Å². The number of carbonyl (C=O) groups excluding carboxylic acids is 3. The standard InChI is InChI=1S/C22H22N2O3/c1-15(14-21(26)23-19-11-9-17(10-12-19)16(2)25)22(27)24-13-5-7-18-6-3-4-8-20(18)24/h3-4,6,8-12,14H,5,7,13H2,1-2H3,(H,23,26)/b15-14-. The van der Waals surface area contributed by atoms with Crippen LogP contribution in [0, 0.1) is 0 Å². The second-order valence-electron chi connectivity index (χ2n) is 6.64. The number of hydrogen-bond donors (Lipinski definition) is 1. The molecule has 0 fully saturated rings. The van der Waals surface area contributed by atoms with E-state index >= 15 is 0 Å². The Hall–Kier alpha value is -3.21. The van der Waals surface area contributed by atoms with Gasteiger partial charge in [0.05, 0.1) is 0 Å². The average molecular weight is 362 g/mol. The van der Waals surface area contributed by atoms with Gasteiger partial charge >= 0.3 is 0 Å². The number of nitrogens with one attached hydrogen (secondary N) is 1. The molecule has 1 aliphatic rings. The first-order valence-corrected chi connectivity index (χ1v) is 8.96. The maximum absolute atomic E-state index is 12.8. The summed E-state index contributed by atoms with van der Waals surface area (Å²) >= 11 is 0. The van der Waals surface area contributed by atoms with Crippen LogP contribution < -0.4 is 10.2 Å². The number of ketones is 1. The Morgan fingerprint density at radius 2 is 1.70 bits per heavy atom. The van der Waals surface area contributed by atoms with Crippen LogP contribution in [0.5, 0.6) is 0 Å². The van der Waals surface area contributed by atoms with Crippen LogP contribution in [0.3, 0.4) is 0 Å². The SMILES string of the molecule is CC(=O)c1ccc(NC(=O)/C=C(/C)C(=O)N2CCCc3ccccc32)cc1. The van der Waals surface area contributed by atoms with Crippen molar-refractivity contribution in [3.05, 3.63) is 71.3 Å². The van der Waals surface area contributed by atoms with Crippen molar-refractivity contribution in [2.24, 2.45) is 0 Å². The molecule has 1 N–H and O–H groups in total. The molecule has 1 aliphatic heterocycles. The minimum absolute atomic E-state index is 0.0315. The lowest BCUT2D eigenvalue weighted by Crippen LogP contribution is -2.36. The first-order valence-electron chi connectivity index (χ1n) is 8.96. The van der Waals surface area contributed by atoms with Gasteiger partial charge in [0.25, 0.3) is 5.91 Å². The molecule has 0 aromatic heterocycles. The van der Waals surface area contributed by atoms with E-state index in [4.69, 9.17) is 0 Å². The lowest BCUT2D eigenvalue weighted by Gasteiger charge is -2.29. The van der Waals surface area contributed by atoms with Gasteiger partial charge in [0.15, 0.2) is 5.78 Å². The molecule has 2 amide bonds. The lowest BCUT2D eigenvalue weighted by molar-refractivity contribution is -0.116. The maximum atomic E-state index is 12.8. The average Bonchev–Trinajstić information content (AvgIpc) is 2.67. The Labute approximate surface area is 158 Å². The molecule has 0 atom stereocenters. The molecule has 1 heterocycles. The highest BCUT2D eigenvalue weighted by Crippen LogP contribution is 2.27. The van der Waals surface area contributed by atoms with Crippen LogP contribution in [0.2, 0.25) is 0 Å². The van der Waals surface area contributed by atoms with Crippen molar-refractivity contribution in [1.29, 1.82) is 0 Å². The van der Waals surface area contributed by atoms with Crippen molar-refractivity contribution >= 4 is 29.0 Å². The number of benzene rings is 2. The van der Waals surface area contributed by atoms with Crippen LogP contribution in [0.25, 0.3) is 0 Å². The molecule has 0 unspecified atom stereocenters. The third kappa shape index (κ3) is 4.31. The molecule has 0 aliphatic carbocycles. The third-order valence-corrected chi connectivity index (χ3v) is 4.60. The molecule has 2 aromatic rings. The summed E-state index contributed by atoms with van der Waals surface area (Å²) in [7, 11) is 0. The molecular weight excluding hydrogens is 340 g/mol. The van der Waals surface area contributed by atoms with Crippen molar-refractivity contribution in [3.8, 4) is 0 Å². The van der Waals surface area contributed by atoms with Gasteiger partial charge in [0.2, 0.25) is 5.91 Å². The first-order chi connectivity index (χ1) is 13.0. The molecule has 2 aromatic carbocycles. The number of anilines is 2. The minimum atomic E-state index is -0.373. The summed E-state index contributed by atoms with van der Waals surface area (Å²) < 4.78 is 0. The fraction of sp³-hybridized carbons (Fsp3) is 0.227. The quantitative estimate of drug-likeness (QED) is 0.665. The van der Waals surface area contributed by atoms with Gasteiger partial charge in [-0.05, 0) is 62.6 Å². The van der Waals surface area contributed by atoms with Crippen LogP contribution in [0.4, 0.5) is 11.4 Å². The summed E-state index contributed by atoms with van der Waals surface area (Å²) in [5, 5.41) is 2.72. The topological polar surface area (TPSA) is 66.5 Å². The molecule has 138 valence electrons. The highest BCUT2D eigenvalue weighted by atomic mass is 16.2. The molecular formula is C22H22N2O3.